The second-order valence-corrected chi connectivity index (χ2v) is 9.36. The van der Waals surface area contributed by atoms with Crippen LogP contribution in [0.25, 0.3) is 0 Å². The molecule has 3 N–H and O–H groups in total. The van der Waals surface area contributed by atoms with Gasteiger partial charge in [-0.25, -0.2) is 8.78 Å². The SMILES string of the molecule is N#C[C@H](C[C@H]1CCCNC1=O)NC(=O)[C@H]1[C@@H]2CC[C@@H](CC2(F)F)N1C(=O)[C@@H](O)c1ccccc1. The van der Waals surface area contributed by atoms with Gasteiger partial charge in [-0.2, -0.15) is 5.26 Å². The van der Waals surface area contributed by atoms with Crippen LogP contribution >= 0.6 is 0 Å². The Morgan fingerprint density at radius 1 is 1.26 bits per heavy atom. The summed E-state index contributed by atoms with van der Waals surface area (Å²) in [5.74, 6) is -6.89. The van der Waals surface area contributed by atoms with Gasteiger partial charge in [0.05, 0.1) is 12.0 Å². The molecule has 34 heavy (non-hydrogen) atoms. The normalized spacial score (nSPS) is 29.5. The van der Waals surface area contributed by atoms with Crippen LogP contribution in [0.4, 0.5) is 8.78 Å². The van der Waals surface area contributed by atoms with E-state index >= 15 is 0 Å². The molecule has 4 aliphatic rings. The Morgan fingerprint density at radius 2 is 2.00 bits per heavy atom. The number of nitrogens with zero attached hydrogens (tertiary/aromatic N) is 2. The van der Waals surface area contributed by atoms with Gasteiger partial charge in [-0.15, -0.1) is 0 Å². The van der Waals surface area contributed by atoms with Gasteiger partial charge < -0.3 is 20.6 Å². The van der Waals surface area contributed by atoms with Crippen molar-refractivity contribution >= 4 is 17.7 Å². The van der Waals surface area contributed by atoms with Crippen LogP contribution < -0.4 is 10.6 Å². The van der Waals surface area contributed by atoms with Crippen molar-refractivity contribution in [3.05, 3.63) is 35.9 Å². The highest BCUT2D eigenvalue weighted by Gasteiger charge is 2.61. The fourth-order valence-corrected chi connectivity index (χ4v) is 5.49. The summed E-state index contributed by atoms with van der Waals surface area (Å²) in [7, 11) is 0. The maximum atomic E-state index is 14.8. The standard InChI is InChI=1S/C24H28F2N4O4/c25-24(26)12-17-8-9-18(24)19(30(17)23(34)20(31)14-5-2-1-3-6-14)22(33)29-16(13-27)11-15-7-4-10-28-21(15)32/h1-3,5-6,15-20,31H,4,7-12H2,(H,28,32)(H,29,33)/t15-,16+,17+,18+,19-,20+/m1/s1. The molecule has 3 saturated heterocycles. The van der Waals surface area contributed by atoms with Gasteiger partial charge in [0.15, 0.2) is 6.10 Å². The molecule has 3 aliphatic heterocycles. The lowest BCUT2D eigenvalue weighted by molar-refractivity contribution is -0.198. The summed E-state index contributed by atoms with van der Waals surface area (Å²) in [4.78, 5) is 39.7. The number of piperidine rings is 3. The van der Waals surface area contributed by atoms with Gasteiger partial charge >= 0.3 is 0 Å². The summed E-state index contributed by atoms with van der Waals surface area (Å²) >= 11 is 0. The third kappa shape index (κ3) is 4.62. The number of aliphatic hydroxyl groups excluding tert-OH is 1. The zero-order valence-corrected chi connectivity index (χ0v) is 18.6. The van der Waals surface area contributed by atoms with Gasteiger partial charge in [0.2, 0.25) is 11.8 Å². The van der Waals surface area contributed by atoms with Crippen LogP contribution in [0.5, 0.6) is 0 Å². The topological polar surface area (TPSA) is 123 Å². The number of alkyl halides is 2. The van der Waals surface area contributed by atoms with Crippen molar-refractivity contribution in [3.63, 3.8) is 0 Å². The molecule has 8 nitrogen and oxygen atoms in total. The van der Waals surface area contributed by atoms with E-state index in [9.17, 15) is 33.5 Å². The predicted molar refractivity (Wildman–Crippen MR) is 116 cm³/mol. The van der Waals surface area contributed by atoms with Crippen LogP contribution in [0.3, 0.4) is 0 Å². The number of aliphatic hydroxyl groups is 1. The highest BCUT2D eigenvalue weighted by atomic mass is 19.3. The number of rotatable bonds is 6. The van der Waals surface area contributed by atoms with Crippen molar-refractivity contribution in [2.75, 3.05) is 6.54 Å². The Bertz CT molecular complexity index is 983. The quantitative estimate of drug-likeness (QED) is 0.579. The lowest BCUT2D eigenvalue weighted by Gasteiger charge is -2.54. The van der Waals surface area contributed by atoms with Crippen molar-refractivity contribution in [2.24, 2.45) is 11.8 Å². The average Bonchev–Trinajstić information content (AvgIpc) is 2.83. The second-order valence-electron chi connectivity index (χ2n) is 9.36. The van der Waals surface area contributed by atoms with Gasteiger partial charge in [0.25, 0.3) is 11.8 Å². The maximum absolute atomic E-state index is 14.8. The first-order valence-corrected chi connectivity index (χ1v) is 11.6. The Morgan fingerprint density at radius 3 is 2.65 bits per heavy atom. The van der Waals surface area contributed by atoms with E-state index in [1.165, 1.54) is 0 Å². The zero-order valence-electron chi connectivity index (χ0n) is 18.6. The van der Waals surface area contributed by atoms with Crippen LogP contribution in [0.15, 0.2) is 30.3 Å². The molecular formula is C24H28F2N4O4. The fraction of sp³-hybridized carbons (Fsp3) is 0.583. The first-order valence-electron chi connectivity index (χ1n) is 11.6. The van der Waals surface area contributed by atoms with Crippen molar-refractivity contribution in [2.45, 2.75) is 68.7 Å². The Labute approximate surface area is 196 Å². The summed E-state index contributed by atoms with van der Waals surface area (Å²) in [5.41, 5.74) is 0.304. The number of nitriles is 1. The molecule has 5 rings (SSSR count). The molecule has 0 unspecified atom stereocenters. The molecule has 2 bridgehead atoms. The molecule has 1 aliphatic carbocycles. The summed E-state index contributed by atoms with van der Waals surface area (Å²) < 4.78 is 29.6. The number of fused-ring (bicyclic) bond motifs is 3. The van der Waals surface area contributed by atoms with Crippen molar-refractivity contribution in [1.82, 2.24) is 15.5 Å². The van der Waals surface area contributed by atoms with Gasteiger partial charge in [-0.3, -0.25) is 14.4 Å². The third-order valence-electron chi connectivity index (χ3n) is 7.20. The second kappa shape index (κ2) is 9.66. The molecule has 0 aromatic heterocycles. The smallest absolute Gasteiger partial charge is 0.256 e. The summed E-state index contributed by atoms with van der Waals surface area (Å²) in [5, 5.41) is 25.5. The van der Waals surface area contributed by atoms with Gasteiger partial charge in [-0.1, -0.05) is 30.3 Å². The number of hydrogen-bond donors (Lipinski definition) is 3. The minimum atomic E-state index is -3.15. The predicted octanol–water partition coefficient (Wildman–Crippen LogP) is 1.66. The number of carbonyl (C=O) groups excluding carboxylic acids is 3. The largest absolute Gasteiger partial charge is 0.378 e. The van der Waals surface area contributed by atoms with Crippen LogP contribution in [0.2, 0.25) is 0 Å². The minimum absolute atomic E-state index is 0.0587. The van der Waals surface area contributed by atoms with E-state index in [4.69, 9.17) is 0 Å². The number of halogens is 2. The molecule has 0 radical (unpaired) electrons. The molecule has 182 valence electrons. The Kier molecular flexibility index (Phi) is 6.84. The van der Waals surface area contributed by atoms with E-state index in [0.29, 0.717) is 24.9 Å². The number of amides is 3. The highest BCUT2D eigenvalue weighted by Crippen LogP contribution is 2.49. The van der Waals surface area contributed by atoms with Gasteiger partial charge in [0.1, 0.15) is 12.1 Å². The van der Waals surface area contributed by atoms with E-state index in [2.05, 4.69) is 10.6 Å². The molecule has 1 saturated carbocycles. The van der Waals surface area contributed by atoms with Crippen LogP contribution in [0, 0.1) is 23.2 Å². The molecule has 4 fully saturated rings. The van der Waals surface area contributed by atoms with Gasteiger partial charge in [0, 0.05) is 24.9 Å². The fourth-order valence-electron chi connectivity index (χ4n) is 5.49. The number of carbonyl (C=O) groups is 3. The van der Waals surface area contributed by atoms with Crippen molar-refractivity contribution in [1.29, 1.82) is 5.26 Å². The van der Waals surface area contributed by atoms with E-state index < -0.39 is 60.2 Å². The van der Waals surface area contributed by atoms with Gasteiger partial charge in [-0.05, 0) is 37.7 Å². The summed E-state index contributed by atoms with van der Waals surface area (Å²) in [6.07, 6.45) is -0.419. The molecule has 0 spiro atoms. The van der Waals surface area contributed by atoms with Crippen molar-refractivity contribution < 1.29 is 28.3 Å². The molecule has 1 aromatic rings. The van der Waals surface area contributed by atoms with Crippen LogP contribution in [0.1, 0.15) is 50.2 Å². The van der Waals surface area contributed by atoms with Crippen LogP contribution in [-0.2, 0) is 14.4 Å². The molecular weight excluding hydrogens is 446 g/mol. The maximum Gasteiger partial charge on any atom is 0.256 e. The first-order chi connectivity index (χ1) is 16.2. The van der Waals surface area contributed by atoms with E-state index in [1.807, 2.05) is 6.07 Å². The average molecular weight is 475 g/mol. The minimum Gasteiger partial charge on any atom is -0.378 e. The highest BCUT2D eigenvalue weighted by molar-refractivity contribution is 5.91. The molecule has 6 atom stereocenters. The first kappa shape index (κ1) is 24.1. The summed E-state index contributed by atoms with van der Waals surface area (Å²) in [6, 6.07) is 6.58. The Hall–Kier alpha value is -3.06. The Balaban J connectivity index is 1.56. The van der Waals surface area contributed by atoms with E-state index in [1.54, 1.807) is 30.3 Å². The number of benzene rings is 1. The third-order valence-corrected chi connectivity index (χ3v) is 7.20. The number of hydrogen-bond acceptors (Lipinski definition) is 5. The summed E-state index contributed by atoms with van der Waals surface area (Å²) in [6.45, 7) is 0.556. The monoisotopic (exact) mass is 474 g/mol. The molecule has 3 heterocycles. The molecule has 1 aromatic carbocycles. The zero-order chi connectivity index (χ0) is 24.5. The lowest BCUT2D eigenvalue weighted by Crippen LogP contribution is -2.69. The van der Waals surface area contributed by atoms with E-state index in [0.717, 1.165) is 11.3 Å². The molecule has 10 heteroatoms. The van der Waals surface area contributed by atoms with Crippen molar-refractivity contribution in [3.8, 4) is 6.07 Å². The van der Waals surface area contributed by atoms with E-state index in [-0.39, 0.29) is 18.7 Å². The molecule has 3 amide bonds. The van der Waals surface area contributed by atoms with Crippen LogP contribution in [-0.4, -0.2) is 58.3 Å². The number of nitrogens with one attached hydrogen (secondary N) is 2. The lowest BCUT2D eigenvalue weighted by atomic mass is 9.71.